The summed E-state index contributed by atoms with van der Waals surface area (Å²) >= 11 is 0. The van der Waals surface area contributed by atoms with Gasteiger partial charge in [0, 0.05) is 30.2 Å². The van der Waals surface area contributed by atoms with E-state index in [9.17, 15) is 0 Å². The zero-order chi connectivity index (χ0) is 12.5. The second-order valence-corrected chi connectivity index (χ2v) is 5.16. The molecule has 1 saturated carbocycles. The number of hydrogen-bond acceptors (Lipinski definition) is 2. The predicted octanol–water partition coefficient (Wildman–Crippen LogP) is 2.91. The van der Waals surface area contributed by atoms with Crippen LogP contribution in [0.3, 0.4) is 0 Å². The highest BCUT2D eigenvalue weighted by Gasteiger charge is 2.47. The maximum atomic E-state index is 6.10. The topological polar surface area (TPSA) is 29.3 Å². The second-order valence-electron chi connectivity index (χ2n) is 5.16. The van der Waals surface area contributed by atoms with Crippen molar-refractivity contribution in [1.29, 1.82) is 0 Å². The molecule has 2 N–H and O–H groups in total. The molecule has 1 aliphatic rings. The molecule has 1 aliphatic carbocycles. The Morgan fingerprint density at radius 3 is 2.06 bits per heavy atom. The quantitative estimate of drug-likeness (QED) is 0.846. The molecule has 0 saturated heterocycles. The molecule has 0 aromatic heterocycles. The van der Waals surface area contributed by atoms with Gasteiger partial charge in [0.25, 0.3) is 0 Å². The number of benzene rings is 1. The van der Waals surface area contributed by atoms with Gasteiger partial charge in [-0.3, -0.25) is 0 Å². The van der Waals surface area contributed by atoms with Gasteiger partial charge in [0.1, 0.15) is 0 Å². The summed E-state index contributed by atoms with van der Waals surface area (Å²) < 4.78 is 0. The summed E-state index contributed by atoms with van der Waals surface area (Å²) in [6.07, 6.45) is 2.49. The fourth-order valence-electron chi connectivity index (χ4n) is 2.73. The number of anilines is 1. The molecule has 0 heterocycles. The molecule has 2 nitrogen and oxygen atoms in total. The van der Waals surface area contributed by atoms with Crippen molar-refractivity contribution in [2.24, 2.45) is 5.73 Å². The maximum absolute atomic E-state index is 6.10. The summed E-state index contributed by atoms with van der Waals surface area (Å²) in [5.41, 5.74) is 9.12. The van der Waals surface area contributed by atoms with Crippen molar-refractivity contribution in [3.63, 3.8) is 0 Å². The van der Waals surface area contributed by atoms with Crippen molar-refractivity contribution in [3.05, 3.63) is 29.8 Å². The summed E-state index contributed by atoms with van der Waals surface area (Å²) in [6.45, 7) is 8.65. The fourth-order valence-corrected chi connectivity index (χ4v) is 2.73. The Balaban J connectivity index is 2.19. The van der Waals surface area contributed by atoms with Crippen LogP contribution in [0.2, 0.25) is 0 Å². The van der Waals surface area contributed by atoms with Crippen molar-refractivity contribution in [1.82, 2.24) is 0 Å². The Morgan fingerprint density at radius 2 is 1.71 bits per heavy atom. The van der Waals surface area contributed by atoms with Gasteiger partial charge in [0.15, 0.2) is 0 Å². The van der Waals surface area contributed by atoms with Crippen LogP contribution in [0.15, 0.2) is 24.3 Å². The van der Waals surface area contributed by atoms with E-state index in [1.165, 1.54) is 24.1 Å². The smallest absolute Gasteiger partial charge is 0.0366 e. The van der Waals surface area contributed by atoms with E-state index in [0.29, 0.717) is 0 Å². The average molecular weight is 232 g/mol. The second kappa shape index (κ2) is 4.69. The monoisotopic (exact) mass is 232 g/mol. The molecule has 1 fully saturated rings. The van der Waals surface area contributed by atoms with Crippen molar-refractivity contribution in [2.45, 2.75) is 45.1 Å². The molecule has 0 radical (unpaired) electrons. The molecule has 1 unspecified atom stereocenters. The summed E-state index contributed by atoms with van der Waals surface area (Å²) in [4.78, 5) is 2.37. The first-order valence-corrected chi connectivity index (χ1v) is 6.75. The molecule has 0 bridgehead atoms. The minimum Gasteiger partial charge on any atom is -0.372 e. The van der Waals surface area contributed by atoms with E-state index in [2.05, 4.69) is 49.9 Å². The van der Waals surface area contributed by atoms with E-state index in [1.807, 2.05) is 0 Å². The van der Waals surface area contributed by atoms with Gasteiger partial charge in [-0.1, -0.05) is 12.1 Å². The van der Waals surface area contributed by atoms with Crippen LogP contribution in [0.25, 0.3) is 0 Å². The minimum absolute atomic E-state index is 0.266. The van der Waals surface area contributed by atoms with Gasteiger partial charge < -0.3 is 10.6 Å². The number of hydrogen-bond donors (Lipinski definition) is 1. The van der Waals surface area contributed by atoms with Crippen LogP contribution in [0, 0.1) is 0 Å². The molecule has 2 rings (SSSR count). The molecular formula is C15H24N2. The highest BCUT2D eigenvalue weighted by molar-refractivity contribution is 5.49. The standard InChI is InChI=1S/C15H24N2/c1-4-17(5-2)14-8-6-13(7-9-14)15(10-11-15)12(3)16/h6-9,12H,4-5,10-11,16H2,1-3H3. The van der Waals surface area contributed by atoms with Gasteiger partial charge in [-0.25, -0.2) is 0 Å². The first kappa shape index (κ1) is 12.4. The molecular weight excluding hydrogens is 208 g/mol. The summed E-state index contributed by atoms with van der Waals surface area (Å²) in [5, 5.41) is 0. The number of rotatable bonds is 5. The Hall–Kier alpha value is -1.02. The summed E-state index contributed by atoms with van der Waals surface area (Å²) in [5.74, 6) is 0. The lowest BCUT2D eigenvalue weighted by Crippen LogP contribution is -2.31. The summed E-state index contributed by atoms with van der Waals surface area (Å²) in [6, 6.07) is 9.28. The van der Waals surface area contributed by atoms with Gasteiger partial charge in [0.05, 0.1) is 0 Å². The molecule has 1 aromatic rings. The van der Waals surface area contributed by atoms with E-state index >= 15 is 0 Å². The Bertz CT molecular complexity index is 359. The van der Waals surface area contributed by atoms with Crippen LogP contribution in [-0.2, 0) is 5.41 Å². The normalized spacial score (nSPS) is 18.8. The first-order chi connectivity index (χ1) is 8.14. The van der Waals surface area contributed by atoms with E-state index in [1.54, 1.807) is 0 Å². The van der Waals surface area contributed by atoms with E-state index in [0.717, 1.165) is 13.1 Å². The van der Waals surface area contributed by atoms with Gasteiger partial charge in [0.2, 0.25) is 0 Å². The molecule has 0 spiro atoms. The van der Waals surface area contributed by atoms with Crippen LogP contribution in [0.4, 0.5) is 5.69 Å². The Labute approximate surface area is 105 Å². The lowest BCUT2D eigenvalue weighted by atomic mass is 9.89. The largest absolute Gasteiger partial charge is 0.372 e. The molecule has 0 amide bonds. The van der Waals surface area contributed by atoms with Gasteiger partial charge >= 0.3 is 0 Å². The third-order valence-electron chi connectivity index (χ3n) is 4.23. The SMILES string of the molecule is CCN(CC)c1ccc(C2(C(C)N)CC2)cc1. The van der Waals surface area contributed by atoms with E-state index in [-0.39, 0.29) is 11.5 Å². The average Bonchev–Trinajstić information content (AvgIpc) is 3.13. The van der Waals surface area contributed by atoms with Crippen LogP contribution < -0.4 is 10.6 Å². The zero-order valence-electron chi connectivity index (χ0n) is 11.2. The lowest BCUT2D eigenvalue weighted by molar-refractivity contribution is 0.556. The molecule has 2 heteroatoms. The lowest BCUT2D eigenvalue weighted by Gasteiger charge is -2.24. The maximum Gasteiger partial charge on any atom is 0.0366 e. The van der Waals surface area contributed by atoms with Crippen LogP contribution in [0.5, 0.6) is 0 Å². The van der Waals surface area contributed by atoms with Crippen molar-refractivity contribution in [2.75, 3.05) is 18.0 Å². The Morgan fingerprint density at radius 1 is 1.18 bits per heavy atom. The zero-order valence-corrected chi connectivity index (χ0v) is 11.2. The van der Waals surface area contributed by atoms with Gasteiger partial charge in [-0.15, -0.1) is 0 Å². The molecule has 94 valence electrons. The predicted molar refractivity (Wildman–Crippen MR) is 74.6 cm³/mol. The van der Waals surface area contributed by atoms with Crippen LogP contribution >= 0.6 is 0 Å². The molecule has 1 aromatic carbocycles. The highest BCUT2D eigenvalue weighted by atomic mass is 15.1. The molecule has 17 heavy (non-hydrogen) atoms. The van der Waals surface area contributed by atoms with Crippen LogP contribution in [0.1, 0.15) is 39.2 Å². The Kier molecular flexibility index (Phi) is 3.43. The third kappa shape index (κ3) is 2.19. The third-order valence-corrected chi connectivity index (χ3v) is 4.23. The highest BCUT2D eigenvalue weighted by Crippen LogP contribution is 2.50. The summed E-state index contributed by atoms with van der Waals surface area (Å²) in [7, 11) is 0. The van der Waals surface area contributed by atoms with Crippen molar-refractivity contribution < 1.29 is 0 Å². The van der Waals surface area contributed by atoms with Crippen LogP contribution in [-0.4, -0.2) is 19.1 Å². The van der Waals surface area contributed by atoms with Crippen molar-refractivity contribution >= 4 is 5.69 Å². The number of nitrogens with zero attached hydrogens (tertiary/aromatic N) is 1. The van der Waals surface area contributed by atoms with E-state index in [4.69, 9.17) is 5.73 Å². The molecule has 0 aliphatic heterocycles. The number of nitrogens with two attached hydrogens (primary N) is 1. The first-order valence-electron chi connectivity index (χ1n) is 6.75. The molecule has 1 atom stereocenters. The van der Waals surface area contributed by atoms with E-state index < -0.39 is 0 Å². The minimum atomic E-state index is 0.266. The fraction of sp³-hybridized carbons (Fsp3) is 0.600. The van der Waals surface area contributed by atoms with Gasteiger partial charge in [-0.2, -0.15) is 0 Å². The van der Waals surface area contributed by atoms with Crippen molar-refractivity contribution in [3.8, 4) is 0 Å². The van der Waals surface area contributed by atoms with Gasteiger partial charge in [-0.05, 0) is 51.3 Å².